The predicted molar refractivity (Wildman–Crippen MR) is 95.1 cm³/mol. The van der Waals surface area contributed by atoms with Crippen molar-refractivity contribution in [3.8, 4) is 11.4 Å². The lowest BCUT2D eigenvalue weighted by molar-refractivity contribution is 0.834. The Hall–Kier alpha value is -3.07. The normalized spacial score (nSPS) is 11.0. The quantitative estimate of drug-likeness (QED) is 0.572. The molecule has 0 aliphatic rings. The number of benzene rings is 3. The van der Waals surface area contributed by atoms with E-state index in [0.717, 1.165) is 29.0 Å². The maximum atomic E-state index is 6.13. The van der Waals surface area contributed by atoms with Crippen LogP contribution in [-0.4, -0.2) is 9.55 Å². The van der Waals surface area contributed by atoms with Crippen molar-refractivity contribution in [2.75, 3.05) is 5.73 Å². The highest BCUT2D eigenvalue weighted by atomic mass is 15.1. The summed E-state index contributed by atoms with van der Waals surface area (Å²) in [6.45, 7) is 0.769. The summed E-state index contributed by atoms with van der Waals surface area (Å²) in [5.74, 6) is 0.947. The van der Waals surface area contributed by atoms with E-state index in [-0.39, 0.29) is 0 Å². The van der Waals surface area contributed by atoms with Crippen molar-refractivity contribution in [3.63, 3.8) is 0 Å². The van der Waals surface area contributed by atoms with Crippen LogP contribution in [0.15, 0.2) is 78.9 Å². The van der Waals surface area contributed by atoms with Crippen molar-refractivity contribution in [3.05, 3.63) is 84.4 Å². The van der Waals surface area contributed by atoms with Gasteiger partial charge in [-0.15, -0.1) is 0 Å². The molecular formula is C20H17N3. The molecule has 2 N–H and O–H groups in total. The number of anilines is 1. The highest BCUT2D eigenvalue weighted by molar-refractivity contribution is 5.90. The summed E-state index contributed by atoms with van der Waals surface area (Å²) in [4.78, 5) is 4.82. The fourth-order valence-corrected chi connectivity index (χ4v) is 2.90. The highest BCUT2D eigenvalue weighted by Crippen LogP contribution is 2.28. The number of para-hydroxylation sites is 1. The number of hydrogen-bond donors (Lipinski definition) is 1. The van der Waals surface area contributed by atoms with E-state index in [0.29, 0.717) is 5.69 Å². The second-order valence-corrected chi connectivity index (χ2v) is 5.59. The smallest absolute Gasteiger partial charge is 0.141 e. The molecule has 0 aliphatic heterocycles. The maximum Gasteiger partial charge on any atom is 0.141 e. The van der Waals surface area contributed by atoms with Crippen LogP contribution in [0.3, 0.4) is 0 Å². The van der Waals surface area contributed by atoms with Crippen LogP contribution in [0, 0.1) is 0 Å². The number of imidazole rings is 1. The Morgan fingerprint density at radius 2 is 1.48 bits per heavy atom. The van der Waals surface area contributed by atoms with Gasteiger partial charge in [-0.25, -0.2) is 4.98 Å². The van der Waals surface area contributed by atoms with Crippen LogP contribution in [0.4, 0.5) is 5.69 Å². The molecule has 0 amide bonds. The highest BCUT2D eigenvalue weighted by Gasteiger charge is 2.14. The lowest BCUT2D eigenvalue weighted by atomic mass is 10.2. The molecule has 0 saturated carbocycles. The Labute approximate surface area is 135 Å². The largest absolute Gasteiger partial charge is 0.397 e. The van der Waals surface area contributed by atoms with Crippen molar-refractivity contribution in [2.24, 2.45) is 0 Å². The molecule has 0 aliphatic carbocycles. The second kappa shape index (κ2) is 5.61. The third-order valence-corrected chi connectivity index (χ3v) is 4.03. The minimum Gasteiger partial charge on any atom is -0.397 e. The molecule has 0 spiro atoms. The van der Waals surface area contributed by atoms with Crippen molar-refractivity contribution in [1.29, 1.82) is 0 Å². The van der Waals surface area contributed by atoms with Crippen LogP contribution < -0.4 is 5.73 Å². The summed E-state index contributed by atoms with van der Waals surface area (Å²) in [5, 5.41) is 0. The molecule has 3 aromatic carbocycles. The van der Waals surface area contributed by atoms with E-state index in [4.69, 9.17) is 10.7 Å². The Balaban J connectivity index is 1.94. The van der Waals surface area contributed by atoms with Gasteiger partial charge in [0.05, 0.1) is 11.2 Å². The van der Waals surface area contributed by atoms with Crippen LogP contribution in [-0.2, 0) is 6.54 Å². The molecule has 0 saturated heterocycles. The summed E-state index contributed by atoms with van der Waals surface area (Å²) in [6, 6.07) is 26.6. The first-order chi connectivity index (χ1) is 11.3. The molecule has 0 atom stereocenters. The Morgan fingerprint density at radius 1 is 0.783 bits per heavy atom. The maximum absolute atomic E-state index is 6.13. The van der Waals surface area contributed by atoms with Gasteiger partial charge >= 0.3 is 0 Å². The second-order valence-electron chi connectivity index (χ2n) is 5.59. The average Bonchev–Trinajstić information content (AvgIpc) is 2.97. The molecule has 0 radical (unpaired) electrons. The number of nitrogen functional groups attached to an aromatic ring is 1. The van der Waals surface area contributed by atoms with Crippen LogP contribution in [0.25, 0.3) is 22.4 Å². The van der Waals surface area contributed by atoms with E-state index in [2.05, 4.69) is 47.0 Å². The summed E-state index contributed by atoms with van der Waals surface area (Å²) in [7, 11) is 0. The molecule has 112 valence electrons. The lowest BCUT2D eigenvalue weighted by Crippen LogP contribution is -2.02. The summed E-state index contributed by atoms with van der Waals surface area (Å²) in [6.07, 6.45) is 0. The van der Waals surface area contributed by atoms with E-state index in [1.54, 1.807) is 0 Å². The zero-order valence-electron chi connectivity index (χ0n) is 12.7. The van der Waals surface area contributed by atoms with Gasteiger partial charge in [-0.2, -0.15) is 0 Å². The fourth-order valence-electron chi connectivity index (χ4n) is 2.90. The van der Waals surface area contributed by atoms with Gasteiger partial charge in [-0.3, -0.25) is 0 Å². The number of aromatic nitrogens is 2. The van der Waals surface area contributed by atoms with Crippen LogP contribution >= 0.6 is 0 Å². The topological polar surface area (TPSA) is 43.8 Å². The molecular weight excluding hydrogens is 282 g/mol. The van der Waals surface area contributed by atoms with E-state index in [9.17, 15) is 0 Å². The summed E-state index contributed by atoms with van der Waals surface area (Å²) >= 11 is 0. The first-order valence-electron chi connectivity index (χ1n) is 7.67. The molecule has 3 heteroatoms. The zero-order chi connectivity index (χ0) is 15.6. The van der Waals surface area contributed by atoms with Crippen molar-refractivity contribution < 1.29 is 0 Å². The third kappa shape index (κ3) is 2.46. The van der Waals surface area contributed by atoms with Gasteiger partial charge in [0, 0.05) is 12.1 Å². The van der Waals surface area contributed by atoms with Crippen molar-refractivity contribution >= 4 is 16.7 Å². The Kier molecular flexibility index (Phi) is 3.31. The number of fused-ring (bicyclic) bond motifs is 1. The minimum atomic E-state index is 0.714. The van der Waals surface area contributed by atoms with Gasteiger partial charge in [0.1, 0.15) is 11.3 Å². The molecule has 4 rings (SSSR count). The predicted octanol–water partition coefficient (Wildman–Crippen LogP) is 4.33. The number of nitrogens with zero attached hydrogens (tertiary/aromatic N) is 2. The van der Waals surface area contributed by atoms with Crippen LogP contribution in [0.5, 0.6) is 0 Å². The molecule has 23 heavy (non-hydrogen) atoms. The van der Waals surface area contributed by atoms with E-state index >= 15 is 0 Å². The first kappa shape index (κ1) is 13.6. The third-order valence-electron chi connectivity index (χ3n) is 4.03. The van der Waals surface area contributed by atoms with Crippen molar-refractivity contribution in [2.45, 2.75) is 6.54 Å². The Morgan fingerprint density at radius 3 is 2.22 bits per heavy atom. The van der Waals surface area contributed by atoms with Gasteiger partial charge < -0.3 is 10.3 Å². The standard InChI is InChI=1S/C20H17N3/c21-17-12-7-13-18-19(17)22-20(16-10-5-2-6-11-16)23(18)14-15-8-3-1-4-9-15/h1-13H,14,21H2. The number of hydrogen-bond acceptors (Lipinski definition) is 2. The SMILES string of the molecule is Nc1cccc2c1nc(-c1ccccc1)n2Cc1ccccc1. The van der Waals surface area contributed by atoms with Gasteiger partial charge in [0.2, 0.25) is 0 Å². The fraction of sp³-hybridized carbons (Fsp3) is 0.0500. The number of rotatable bonds is 3. The summed E-state index contributed by atoms with van der Waals surface area (Å²) < 4.78 is 2.23. The van der Waals surface area contributed by atoms with Gasteiger partial charge in [-0.1, -0.05) is 66.7 Å². The van der Waals surface area contributed by atoms with E-state index in [1.165, 1.54) is 5.56 Å². The zero-order valence-corrected chi connectivity index (χ0v) is 12.7. The van der Waals surface area contributed by atoms with E-state index in [1.807, 2.05) is 36.4 Å². The monoisotopic (exact) mass is 299 g/mol. The lowest BCUT2D eigenvalue weighted by Gasteiger charge is -2.09. The van der Waals surface area contributed by atoms with Gasteiger partial charge in [-0.05, 0) is 17.7 Å². The molecule has 0 bridgehead atoms. The summed E-state index contributed by atoms with van der Waals surface area (Å²) in [5.41, 5.74) is 11.1. The molecule has 0 unspecified atom stereocenters. The molecule has 3 nitrogen and oxygen atoms in total. The average molecular weight is 299 g/mol. The molecule has 4 aromatic rings. The minimum absolute atomic E-state index is 0.714. The Bertz CT molecular complexity index is 941. The first-order valence-corrected chi connectivity index (χ1v) is 7.67. The molecule has 0 fully saturated rings. The van der Waals surface area contributed by atoms with Crippen molar-refractivity contribution in [1.82, 2.24) is 9.55 Å². The van der Waals surface area contributed by atoms with Crippen LogP contribution in [0.2, 0.25) is 0 Å². The van der Waals surface area contributed by atoms with Crippen LogP contribution in [0.1, 0.15) is 5.56 Å². The molecule has 1 aromatic heterocycles. The van der Waals surface area contributed by atoms with Gasteiger partial charge in [0.15, 0.2) is 0 Å². The molecule has 1 heterocycles. The number of nitrogens with two attached hydrogens (primary N) is 1. The van der Waals surface area contributed by atoms with E-state index < -0.39 is 0 Å². The van der Waals surface area contributed by atoms with Gasteiger partial charge in [0.25, 0.3) is 0 Å².